The second-order valence-electron chi connectivity index (χ2n) is 4.47. The number of aromatic nitrogens is 2. The van der Waals surface area contributed by atoms with Crippen molar-refractivity contribution in [2.45, 2.75) is 45.2 Å². The molecule has 1 aromatic heterocycles. The third kappa shape index (κ3) is 2.19. The molecule has 1 saturated heterocycles. The van der Waals surface area contributed by atoms with E-state index in [1.807, 2.05) is 14.0 Å². The van der Waals surface area contributed by atoms with Crippen molar-refractivity contribution in [2.24, 2.45) is 0 Å². The first-order valence-electron chi connectivity index (χ1n) is 5.99. The molecule has 0 saturated carbocycles. The molecular formula is C11H20N4O. The first-order chi connectivity index (χ1) is 7.72. The molecule has 2 heterocycles. The fourth-order valence-corrected chi connectivity index (χ4v) is 2.02. The number of nitrogens with zero attached hydrogens (tertiary/aromatic N) is 3. The Morgan fingerprint density at radius 1 is 1.44 bits per heavy atom. The van der Waals surface area contributed by atoms with Gasteiger partial charge in [-0.3, -0.25) is 0 Å². The Balaban J connectivity index is 2.11. The van der Waals surface area contributed by atoms with Crippen LogP contribution in [-0.4, -0.2) is 29.8 Å². The van der Waals surface area contributed by atoms with Crippen molar-refractivity contribution in [2.75, 3.05) is 18.5 Å². The Morgan fingerprint density at radius 2 is 2.25 bits per heavy atom. The van der Waals surface area contributed by atoms with Crippen LogP contribution in [0.2, 0.25) is 0 Å². The summed E-state index contributed by atoms with van der Waals surface area (Å²) in [6.45, 7) is 5.25. The quantitative estimate of drug-likeness (QED) is 0.847. The Bertz CT molecular complexity index is 338. The fourth-order valence-electron chi connectivity index (χ4n) is 2.02. The summed E-state index contributed by atoms with van der Waals surface area (Å²) in [6, 6.07) is 1.29. The zero-order chi connectivity index (χ0) is 11.5. The van der Waals surface area contributed by atoms with E-state index in [1.165, 1.54) is 19.3 Å². The largest absolute Gasteiger partial charge is 0.406 e. The normalized spacial score (nSPS) is 23.4. The van der Waals surface area contributed by atoms with Gasteiger partial charge >= 0.3 is 6.01 Å². The lowest BCUT2D eigenvalue weighted by atomic mass is 10.0. The lowest BCUT2D eigenvalue weighted by Gasteiger charge is -2.31. The molecule has 2 unspecified atom stereocenters. The minimum Gasteiger partial charge on any atom is -0.406 e. The molecule has 1 aliphatic rings. The summed E-state index contributed by atoms with van der Waals surface area (Å²) in [5, 5.41) is 11.3. The van der Waals surface area contributed by atoms with Gasteiger partial charge in [0.25, 0.3) is 0 Å². The summed E-state index contributed by atoms with van der Waals surface area (Å²) in [4.78, 5) is 2.21. The van der Waals surface area contributed by atoms with Crippen molar-refractivity contribution in [1.82, 2.24) is 15.5 Å². The van der Waals surface area contributed by atoms with Gasteiger partial charge in [0, 0.05) is 12.6 Å². The van der Waals surface area contributed by atoms with Crippen molar-refractivity contribution in [3.8, 4) is 0 Å². The molecule has 0 bridgehead atoms. The Hall–Kier alpha value is -1.10. The SMILES string of the molecule is CNC(C)c1nnc(N2CCCCC2C)o1. The first kappa shape index (κ1) is 11.4. The summed E-state index contributed by atoms with van der Waals surface area (Å²) >= 11 is 0. The van der Waals surface area contributed by atoms with E-state index in [-0.39, 0.29) is 6.04 Å². The maximum Gasteiger partial charge on any atom is 0.318 e. The zero-order valence-corrected chi connectivity index (χ0v) is 10.2. The number of piperidine rings is 1. The van der Waals surface area contributed by atoms with Gasteiger partial charge in [0.1, 0.15) is 0 Å². The minimum absolute atomic E-state index is 0.112. The third-order valence-electron chi connectivity index (χ3n) is 3.28. The summed E-state index contributed by atoms with van der Waals surface area (Å²) in [6.07, 6.45) is 3.72. The van der Waals surface area contributed by atoms with Gasteiger partial charge in [-0.05, 0) is 40.2 Å². The lowest BCUT2D eigenvalue weighted by molar-refractivity contribution is 0.398. The fraction of sp³-hybridized carbons (Fsp3) is 0.818. The summed E-state index contributed by atoms with van der Waals surface area (Å²) in [5.74, 6) is 0.662. The van der Waals surface area contributed by atoms with E-state index in [1.54, 1.807) is 0 Å². The van der Waals surface area contributed by atoms with Crippen LogP contribution in [0.4, 0.5) is 6.01 Å². The van der Waals surface area contributed by atoms with Crippen LogP contribution >= 0.6 is 0 Å². The van der Waals surface area contributed by atoms with E-state index < -0.39 is 0 Å². The number of nitrogens with one attached hydrogen (secondary N) is 1. The predicted molar refractivity (Wildman–Crippen MR) is 62.4 cm³/mol. The highest BCUT2D eigenvalue weighted by Crippen LogP contribution is 2.24. The molecule has 0 amide bonds. The average molecular weight is 224 g/mol. The van der Waals surface area contributed by atoms with Crippen LogP contribution in [0.5, 0.6) is 0 Å². The molecule has 5 nitrogen and oxygen atoms in total. The Labute approximate surface area is 96.2 Å². The van der Waals surface area contributed by atoms with Crippen LogP contribution < -0.4 is 10.2 Å². The predicted octanol–water partition coefficient (Wildman–Crippen LogP) is 1.73. The van der Waals surface area contributed by atoms with Crippen molar-refractivity contribution in [3.05, 3.63) is 5.89 Å². The topological polar surface area (TPSA) is 54.2 Å². The van der Waals surface area contributed by atoms with Gasteiger partial charge in [0.15, 0.2) is 0 Å². The van der Waals surface area contributed by atoms with Crippen molar-refractivity contribution < 1.29 is 4.42 Å². The molecule has 16 heavy (non-hydrogen) atoms. The minimum atomic E-state index is 0.112. The Morgan fingerprint density at radius 3 is 2.94 bits per heavy atom. The second-order valence-corrected chi connectivity index (χ2v) is 4.47. The smallest absolute Gasteiger partial charge is 0.318 e. The van der Waals surface area contributed by atoms with E-state index in [0.717, 1.165) is 6.54 Å². The van der Waals surface area contributed by atoms with E-state index in [2.05, 4.69) is 27.3 Å². The Kier molecular flexibility index (Phi) is 3.43. The molecule has 1 N–H and O–H groups in total. The highest BCUT2D eigenvalue weighted by atomic mass is 16.4. The second kappa shape index (κ2) is 4.82. The van der Waals surface area contributed by atoms with Gasteiger partial charge in [-0.1, -0.05) is 5.10 Å². The number of hydrogen-bond acceptors (Lipinski definition) is 5. The average Bonchev–Trinajstić information content (AvgIpc) is 2.78. The molecule has 0 aromatic carbocycles. The van der Waals surface area contributed by atoms with Gasteiger partial charge in [0.2, 0.25) is 5.89 Å². The summed E-state index contributed by atoms with van der Waals surface area (Å²) in [5.41, 5.74) is 0. The molecule has 1 aliphatic heterocycles. The van der Waals surface area contributed by atoms with Crippen LogP contribution in [0.1, 0.15) is 45.0 Å². The van der Waals surface area contributed by atoms with Gasteiger partial charge in [-0.15, -0.1) is 5.10 Å². The van der Waals surface area contributed by atoms with E-state index in [9.17, 15) is 0 Å². The lowest BCUT2D eigenvalue weighted by Crippen LogP contribution is -2.37. The van der Waals surface area contributed by atoms with Gasteiger partial charge in [0.05, 0.1) is 6.04 Å². The van der Waals surface area contributed by atoms with Crippen LogP contribution in [0.15, 0.2) is 4.42 Å². The van der Waals surface area contributed by atoms with Crippen LogP contribution in [0, 0.1) is 0 Å². The molecule has 0 radical (unpaired) electrons. The molecule has 1 aromatic rings. The number of anilines is 1. The summed E-state index contributed by atoms with van der Waals surface area (Å²) < 4.78 is 5.69. The maximum atomic E-state index is 5.69. The molecule has 0 spiro atoms. The van der Waals surface area contributed by atoms with Crippen LogP contribution in [0.25, 0.3) is 0 Å². The molecule has 2 rings (SSSR count). The van der Waals surface area contributed by atoms with Crippen molar-refractivity contribution in [1.29, 1.82) is 0 Å². The zero-order valence-electron chi connectivity index (χ0n) is 10.2. The number of rotatable bonds is 3. The summed E-state index contributed by atoms with van der Waals surface area (Å²) in [7, 11) is 1.89. The van der Waals surface area contributed by atoms with Gasteiger partial charge in [-0.25, -0.2) is 0 Å². The van der Waals surface area contributed by atoms with Gasteiger partial charge in [-0.2, -0.15) is 0 Å². The van der Waals surface area contributed by atoms with Crippen molar-refractivity contribution in [3.63, 3.8) is 0 Å². The molecule has 5 heteroatoms. The highest BCUT2D eigenvalue weighted by Gasteiger charge is 2.24. The maximum absolute atomic E-state index is 5.69. The molecule has 2 atom stereocenters. The van der Waals surface area contributed by atoms with Crippen LogP contribution in [-0.2, 0) is 0 Å². The molecule has 90 valence electrons. The van der Waals surface area contributed by atoms with E-state index >= 15 is 0 Å². The van der Waals surface area contributed by atoms with E-state index in [4.69, 9.17) is 4.42 Å². The molecular weight excluding hydrogens is 204 g/mol. The van der Waals surface area contributed by atoms with Crippen LogP contribution in [0.3, 0.4) is 0 Å². The van der Waals surface area contributed by atoms with Gasteiger partial charge < -0.3 is 14.6 Å². The highest BCUT2D eigenvalue weighted by molar-refractivity contribution is 5.27. The van der Waals surface area contributed by atoms with E-state index in [0.29, 0.717) is 17.9 Å². The monoisotopic (exact) mass is 224 g/mol. The number of hydrogen-bond donors (Lipinski definition) is 1. The standard InChI is InChI=1S/C11H20N4O/c1-8-6-4-5-7-15(8)11-14-13-10(16-11)9(2)12-3/h8-9,12H,4-7H2,1-3H3. The first-order valence-corrected chi connectivity index (χ1v) is 5.99. The molecule has 1 fully saturated rings. The third-order valence-corrected chi connectivity index (χ3v) is 3.28. The van der Waals surface area contributed by atoms with Crippen molar-refractivity contribution >= 4 is 6.01 Å². The molecule has 0 aliphatic carbocycles.